The summed E-state index contributed by atoms with van der Waals surface area (Å²) in [5.41, 5.74) is 1.06. The lowest BCUT2D eigenvalue weighted by molar-refractivity contribution is 0.163. The first-order valence-corrected chi connectivity index (χ1v) is 9.75. The minimum absolute atomic E-state index is 0.281. The maximum Gasteiger partial charge on any atom is 0.0790 e. The van der Waals surface area contributed by atoms with Crippen molar-refractivity contribution in [3.8, 4) is 0 Å². The lowest BCUT2D eigenvalue weighted by Crippen LogP contribution is -1.97. The first-order valence-electron chi connectivity index (χ1n) is 8.67. The summed E-state index contributed by atoms with van der Waals surface area (Å²) in [6.45, 7) is 2.27. The lowest BCUT2D eigenvalue weighted by Gasteiger charge is -2.11. The van der Waals surface area contributed by atoms with Crippen LogP contribution in [0.25, 0.3) is 0 Å². The molecule has 0 aromatic heterocycles. The number of unbranched alkanes of at least 4 members (excludes halogenated alkanes) is 9. The summed E-state index contributed by atoms with van der Waals surface area (Å²) >= 11 is 2.30. The predicted octanol–water partition coefficient (Wildman–Crippen LogP) is 6.64. The fourth-order valence-corrected chi connectivity index (χ4v) is 3.04. The summed E-state index contributed by atoms with van der Waals surface area (Å²) in [7, 11) is 0. The molecule has 0 fully saturated rings. The molecule has 0 saturated carbocycles. The van der Waals surface area contributed by atoms with Crippen molar-refractivity contribution in [1.29, 1.82) is 0 Å². The highest BCUT2D eigenvalue weighted by Crippen LogP contribution is 2.21. The third kappa shape index (κ3) is 9.51. The van der Waals surface area contributed by atoms with Crippen LogP contribution in [0.15, 0.2) is 24.3 Å². The monoisotopic (exact) mass is 402 g/mol. The number of halogens is 1. The van der Waals surface area contributed by atoms with Gasteiger partial charge in [0.15, 0.2) is 0 Å². The Bertz CT molecular complexity index is 347. The van der Waals surface area contributed by atoms with Gasteiger partial charge in [-0.15, -0.1) is 0 Å². The molecule has 1 atom stereocenters. The first kappa shape index (κ1) is 19.0. The van der Waals surface area contributed by atoms with Gasteiger partial charge in [-0.1, -0.05) is 83.3 Å². The lowest BCUT2D eigenvalue weighted by atomic mass is 10.0. The van der Waals surface area contributed by atoms with Crippen LogP contribution in [0.1, 0.15) is 89.2 Å². The van der Waals surface area contributed by atoms with E-state index >= 15 is 0 Å². The Kier molecular flexibility index (Phi) is 11.2. The molecule has 1 aromatic rings. The summed E-state index contributed by atoms with van der Waals surface area (Å²) < 4.78 is 1.22. The molecule has 1 aromatic carbocycles. The van der Waals surface area contributed by atoms with Crippen molar-refractivity contribution in [3.05, 3.63) is 33.4 Å². The number of rotatable bonds is 12. The molecule has 0 bridgehead atoms. The van der Waals surface area contributed by atoms with Crippen molar-refractivity contribution in [1.82, 2.24) is 0 Å². The maximum atomic E-state index is 10.1. The Morgan fingerprint density at radius 1 is 0.810 bits per heavy atom. The number of hydrogen-bond donors (Lipinski definition) is 1. The van der Waals surface area contributed by atoms with Gasteiger partial charge in [0, 0.05) is 3.57 Å². The number of aliphatic hydroxyl groups is 1. The van der Waals surface area contributed by atoms with Gasteiger partial charge in [0.25, 0.3) is 0 Å². The average molecular weight is 402 g/mol. The van der Waals surface area contributed by atoms with Gasteiger partial charge in [-0.3, -0.25) is 0 Å². The van der Waals surface area contributed by atoms with Crippen LogP contribution in [0.2, 0.25) is 0 Å². The summed E-state index contributed by atoms with van der Waals surface area (Å²) in [6, 6.07) is 8.22. The van der Waals surface area contributed by atoms with Crippen LogP contribution < -0.4 is 0 Å². The zero-order valence-electron chi connectivity index (χ0n) is 13.5. The van der Waals surface area contributed by atoms with Crippen LogP contribution in [-0.4, -0.2) is 5.11 Å². The molecule has 1 N–H and O–H groups in total. The number of hydrogen-bond acceptors (Lipinski definition) is 1. The van der Waals surface area contributed by atoms with Crippen LogP contribution >= 0.6 is 22.6 Å². The Morgan fingerprint density at radius 2 is 1.29 bits per heavy atom. The van der Waals surface area contributed by atoms with Crippen LogP contribution in [0, 0.1) is 3.57 Å². The highest BCUT2D eigenvalue weighted by molar-refractivity contribution is 14.1. The molecule has 0 aliphatic carbocycles. The second-order valence-electron chi connectivity index (χ2n) is 6.04. The molecule has 0 aliphatic heterocycles. The minimum atomic E-state index is -0.281. The van der Waals surface area contributed by atoms with Crippen molar-refractivity contribution in [3.63, 3.8) is 0 Å². The number of benzene rings is 1. The quantitative estimate of drug-likeness (QED) is 0.307. The third-order valence-corrected chi connectivity index (χ3v) is 4.81. The van der Waals surface area contributed by atoms with Crippen molar-refractivity contribution in [2.45, 2.75) is 83.7 Å². The van der Waals surface area contributed by atoms with E-state index in [0.29, 0.717) is 0 Å². The standard InChI is InChI=1S/C19H31IO/c1-2-3-4-5-6-7-8-9-10-11-12-19(21)17-13-15-18(20)16-14-17/h13-16,19,21H,2-12H2,1H3. The summed E-state index contributed by atoms with van der Waals surface area (Å²) in [5.74, 6) is 0. The van der Waals surface area contributed by atoms with E-state index in [0.717, 1.165) is 18.4 Å². The highest BCUT2D eigenvalue weighted by atomic mass is 127. The first-order chi connectivity index (χ1) is 10.2. The van der Waals surface area contributed by atoms with Gasteiger partial charge < -0.3 is 5.11 Å². The topological polar surface area (TPSA) is 20.2 Å². The van der Waals surface area contributed by atoms with Crippen molar-refractivity contribution >= 4 is 22.6 Å². The van der Waals surface area contributed by atoms with E-state index < -0.39 is 0 Å². The van der Waals surface area contributed by atoms with Gasteiger partial charge in [-0.25, -0.2) is 0 Å². The maximum absolute atomic E-state index is 10.1. The van der Waals surface area contributed by atoms with E-state index in [9.17, 15) is 5.11 Å². The Hall–Kier alpha value is -0.0900. The Labute approximate surface area is 144 Å². The fourth-order valence-electron chi connectivity index (χ4n) is 2.68. The van der Waals surface area contributed by atoms with Crippen molar-refractivity contribution in [2.75, 3.05) is 0 Å². The molecule has 0 saturated heterocycles. The van der Waals surface area contributed by atoms with E-state index in [1.54, 1.807) is 0 Å². The van der Waals surface area contributed by atoms with E-state index in [1.807, 2.05) is 12.1 Å². The SMILES string of the molecule is CCCCCCCCCCCCC(O)c1ccc(I)cc1. The van der Waals surface area contributed by atoms with Crippen LogP contribution in [0.4, 0.5) is 0 Å². The molecule has 0 spiro atoms. The smallest absolute Gasteiger partial charge is 0.0790 e. The zero-order chi connectivity index (χ0) is 15.3. The van der Waals surface area contributed by atoms with Gasteiger partial charge in [0.1, 0.15) is 0 Å². The molecule has 0 aliphatic rings. The molecule has 21 heavy (non-hydrogen) atoms. The molecule has 120 valence electrons. The van der Waals surface area contributed by atoms with Gasteiger partial charge in [0.2, 0.25) is 0 Å². The summed E-state index contributed by atoms with van der Waals surface area (Å²) in [4.78, 5) is 0. The van der Waals surface area contributed by atoms with E-state index in [2.05, 4.69) is 41.6 Å². The molecule has 2 heteroatoms. The normalized spacial score (nSPS) is 12.5. The molecular weight excluding hydrogens is 371 g/mol. The predicted molar refractivity (Wildman–Crippen MR) is 101 cm³/mol. The second kappa shape index (κ2) is 12.5. The largest absolute Gasteiger partial charge is 0.388 e. The van der Waals surface area contributed by atoms with Crippen molar-refractivity contribution < 1.29 is 5.11 Å². The Morgan fingerprint density at radius 3 is 1.81 bits per heavy atom. The fraction of sp³-hybridized carbons (Fsp3) is 0.684. The van der Waals surface area contributed by atoms with Crippen LogP contribution in [0.3, 0.4) is 0 Å². The molecule has 1 rings (SSSR count). The summed E-state index contributed by atoms with van der Waals surface area (Å²) in [6.07, 6.45) is 14.1. The van der Waals surface area contributed by atoms with E-state index in [4.69, 9.17) is 0 Å². The van der Waals surface area contributed by atoms with Gasteiger partial charge in [0.05, 0.1) is 6.10 Å². The Balaban J connectivity index is 1.95. The molecule has 0 heterocycles. The molecule has 0 amide bonds. The minimum Gasteiger partial charge on any atom is -0.388 e. The second-order valence-corrected chi connectivity index (χ2v) is 7.28. The zero-order valence-corrected chi connectivity index (χ0v) is 15.6. The van der Waals surface area contributed by atoms with Crippen LogP contribution in [0.5, 0.6) is 0 Å². The summed E-state index contributed by atoms with van der Waals surface area (Å²) in [5, 5.41) is 10.1. The molecule has 0 radical (unpaired) electrons. The highest BCUT2D eigenvalue weighted by Gasteiger charge is 2.06. The molecule has 1 nitrogen and oxygen atoms in total. The number of aliphatic hydroxyl groups excluding tert-OH is 1. The van der Waals surface area contributed by atoms with E-state index in [1.165, 1.54) is 61.4 Å². The molecular formula is C19H31IO. The average Bonchev–Trinajstić information content (AvgIpc) is 2.49. The van der Waals surface area contributed by atoms with Gasteiger partial charge in [-0.2, -0.15) is 0 Å². The van der Waals surface area contributed by atoms with Gasteiger partial charge in [-0.05, 0) is 46.7 Å². The van der Waals surface area contributed by atoms with Crippen molar-refractivity contribution in [2.24, 2.45) is 0 Å². The van der Waals surface area contributed by atoms with Crippen LogP contribution in [-0.2, 0) is 0 Å². The third-order valence-electron chi connectivity index (χ3n) is 4.09. The molecule has 1 unspecified atom stereocenters. The van der Waals surface area contributed by atoms with Gasteiger partial charge >= 0.3 is 0 Å². The van der Waals surface area contributed by atoms with E-state index in [-0.39, 0.29) is 6.10 Å².